The van der Waals surface area contributed by atoms with Crippen LogP contribution in [-0.2, 0) is 19.1 Å². The fraction of sp³-hybridized carbons (Fsp3) is 0.700. The third-order valence-corrected chi connectivity index (χ3v) is 7.04. The first-order chi connectivity index (χ1) is 11.5. The van der Waals surface area contributed by atoms with Gasteiger partial charge in [-0.05, 0) is 31.9 Å². The molecule has 3 aliphatic carbocycles. The van der Waals surface area contributed by atoms with Crippen molar-refractivity contribution in [2.45, 2.75) is 59.7 Å². The number of carbonyl (C=O) groups is 2. The number of ether oxygens (including phenoxy) is 2. The van der Waals surface area contributed by atoms with Crippen LogP contribution in [0.3, 0.4) is 0 Å². The Kier molecular flexibility index (Phi) is 3.86. The van der Waals surface area contributed by atoms with Crippen LogP contribution in [0.15, 0.2) is 24.7 Å². The minimum Gasteiger partial charge on any atom is -0.481 e. The summed E-state index contributed by atoms with van der Waals surface area (Å²) in [5.41, 5.74) is -1.75. The number of esters is 1. The Morgan fingerprint density at radius 3 is 2.56 bits per heavy atom. The van der Waals surface area contributed by atoms with Crippen LogP contribution in [0.1, 0.15) is 47.5 Å². The maximum atomic E-state index is 13.0. The summed E-state index contributed by atoms with van der Waals surface area (Å²) in [6.07, 6.45) is 3.82. The van der Waals surface area contributed by atoms with Gasteiger partial charge in [-0.25, -0.2) is 0 Å². The number of hydrogen-bond acceptors (Lipinski definition) is 5. The molecule has 0 amide bonds. The zero-order valence-electron chi connectivity index (χ0n) is 15.7. The Morgan fingerprint density at radius 2 is 2.00 bits per heavy atom. The highest BCUT2D eigenvalue weighted by Crippen LogP contribution is 2.75. The monoisotopic (exact) mass is 348 g/mol. The van der Waals surface area contributed by atoms with Crippen molar-refractivity contribution in [2.24, 2.45) is 28.1 Å². The first-order valence-corrected chi connectivity index (χ1v) is 9.01. The van der Waals surface area contributed by atoms with E-state index in [9.17, 15) is 14.7 Å². The van der Waals surface area contributed by atoms with Crippen molar-refractivity contribution in [3.05, 3.63) is 24.7 Å². The van der Waals surface area contributed by atoms with Gasteiger partial charge in [0.1, 0.15) is 12.2 Å². The van der Waals surface area contributed by atoms with E-state index in [2.05, 4.69) is 13.5 Å². The Bertz CT molecular complexity index is 663. The zero-order valence-corrected chi connectivity index (χ0v) is 15.7. The number of carbonyl (C=O) groups excluding carboxylic acids is 2. The lowest BCUT2D eigenvalue weighted by molar-refractivity contribution is -0.166. The van der Waals surface area contributed by atoms with Crippen molar-refractivity contribution < 1.29 is 24.2 Å². The van der Waals surface area contributed by atoms with Crippen molar-refractivity contribution in [1.82, 2.24) is 0 Å². The molecule has 3 aliphatic rings. The molecule has 138 valence electrons. The fourth-order valence-electron chi connectivity index (χ4n) is 6.30. The first kappa shape index (κ1) is 18.0. The van der Waals surface area contributed by atoms with Crippen molar-refractivity contribution in [2.75, 3.05) is 0 Å². The largest absolute Gasteiger partial charge is 0.481 e. The van der Waals surface area contributed by atoms with Crippen molar-refractivity contribution in [1.29, 1.82) is 0 Å². The first-order valence-electron chi connectivity index (χ1n) is 9.01. The van der Waals surface area contributed by atoms with Gasteiger partial charge in [-0.15, -0.1) is 0 Å². The summed E-state index contributed by atoms with van der Waals surface area (Å²) in [6.45, 7) is 13.3. The molecule has 0 aromatic rings. The minimum atomic E-state index is -0.819. The summed E-state index contributed by atoms with van der Waals surface area (Å²) >= 11 is 0. The van der Waals surface area contributed by atoms with E-state index in [-0.39, 0.29) is 42.1 Å². The maximum absolute atomic E-state index is 13.0. The summed E-state index contributed by atoms with van der Waals surface area (Å²) in [5, 5.41) is 9.61. The minimum absolute atomic E-state index is 0.00676. The van der Waals surface area contributed by atoms with E-state index in [1.54, 1.807) is 13.0 Å². The highest BCUT2D eigenvalue weighted by atomic mass is 16.6. The molecule has 5 nitrogen and oxygen atoms in total. The molecule has 0 radical (unpaired) electrons. The van der Waals surface area contributed by atoms with E-state index in [0.717, 1.165) is 6.42 Å². The average molecular weight is 348 g/mol. The van der Waals surface area contributed by atoms with Gasteiger partial charge in [0.05, 0.1) is 5.41 Å². The van der Waals surface area contributed by atoms with Crippen molar-refractivity contribution in [3.8, 4) is 0 Å². The molecule has 0 aromatic carbocycles. The standard InChI is InChI=1S/C20H28O5/c1-7-15(23)25-17-18(4,5)16-13(24-12(3)21)10-11(2)20(16)9-8-14(22)19(17,20)6/h8-9,11,13,16-17,21H,3,7,10H2,1-2,4-6H3. The molecule has 0 aromatic heterocycles. The zero-order chi connectivity index (χ0) is 18.8. The molecule has 1 spiro atoms. The van der Waals surface area contributed by atoms with Gasteiger partial charge in [0.2, 0.25) is 0 Å². The van der Waals surface area contributed by atoms with Gasteiger partial charge in [0.15, 0.2) is 5.78 Å². The topological polar surface area (TPSA) is 72.8 Å². The summed E-state index contributed by atoms with van der Waals surface area (Å²) in [7, 11) is 0. The van der Waals surface area contributed by atoms with Crippen LogP contribution in [0.25, 0.3) is 0 Å². The second-order valence-electron chi connectivity index (χ2n) is 8.54. The normalized spacial score (nSPS) is 43.6. The van der Waals surface area contributed by atoms with Crippen molar-refractivity contribution >= 4 is 11.8 Å². The van der Waals surface area contributed by atoms with Gasteiger partial charge in [-0.1, -0.05) is 33.8 Å². The molecule has 0 heterocycles. The molecule has 1 N–H and O–H groups in total. The number of allylic oxidation sites excluding steroid dienone is 2. The third-order valence-electron chi connectivity index (χ3n) is 7.04. The van der Waals surface area contributed by atoms with E-state index in [1.807, 2.05) is 26.8 Å². The van der Waals surface area contributed by atoms with Gasteiger partial charge < -0.3 is 14.6 Å². The van der Waals surface area contributed by atoms with Crippen LogP contribution in [0.5, 0.6) is 0 Å². The number of aliphatic hydroxyl groups is 1. The molecule has 0 bridgehead atoms. The second-order valence-corrected chi connectivity index (χ2v) is 8.54. The van der Waals surface area contributed by atoms with Crippen LogP contribution in [0.2, 0.25) is 0 Å². The van der Waals surface area contributed by atoms with Gasteiger partial charge in [0, 0.05) is 23.2 Å². The molecule has 5 heteroatoms. The molecular weight excluding hydrogens is 320 g/mol. The van der Waals surface area contributed by atoms with E-state index >= 15 is 0 Å². The number of ketones is 1. The number of hydrogen-bond donors (Lipinski definition) is 1. The molecule has 0 aliphatic heterocycles. The lowest BCUT2D eigenvalue weighted by atomic mass is 9.61. The van der Waals surface area contributed by atoms with Crippen LogP contribution >= 0.6 is 0 Å². The second kappa shape index (κ2) is 5.36. The lowest BCUT2D eigenvalue weighted by Gasteiger charge is -2.41. The maximum Gasteiger partial charge on any atom is 0.305 e. The molecular formula is C20H28O5. The van der Waals surface area contributed by atoms with Crippen LogP contribution in [0.4, 0.5) is 0 Å². The van der Waals surface area contributed by atoms with Crippen molar-refractivity contribution in [3.63, 3.8) is 0 Å². The smallest absolute Gasteiger partial charge is 0.305 e. The van der Waals surface area contributed by atoms with Crippen LogP contribution < -0.4 is 0 Å². The highest BCUT2D eigenvalue weighted by molar-refractivity contribution is 6.00. The van der Waals surface area contributed by atoms with Crippen LogP contribution in [-0.4, -0.2) is 29.1 Å². The van der Waals surface area contributed by atoms with E-state index < -0.39 is 22.3 Å². The average Bonchev–Trinajstić information content (AvgIpc) is 2.99. The van der Waals surface area contributed by atoms with Gasteiger partial charge in [-0.2, -0.15) is 0 Å². The third kappa shape index (κ3) is 2.01. The molecule has 6 unspecified atom stereocenters. The Labute approximate surface area is 149 Å². The summed E-state index contributed by atoms with van der Waals surface area (Å²) in [5.74, 6) is -0.521. The number of rotatable bonds is 4. The SMILES string of the molecule is C=C(O)OC1CC(C)C23C=CC(=O)C2(C)C(OC(=O)CC)C(C)(C)C13. The Balaban J connectivity index is 2.16. The highest BCUT2D eigenvalue weighted by Gasteiger charge is 2.80. The van der Waals surface area contributed by atoms with Gasteiger partial charge in [0.25, 0.3) is 5.95 Å². The van der Waals surface area contributed by atoms with Crippen LogP contribution in [0, 0.1) is 28.1 Å². The summed E-state index contributed by atoms with van der Waals surface area (Å²) in [6, 6.07) is 0. The molecule has 3 rings (SSSR count). The molecule has 25 heavy (non-hydrogen) atoms. The summed E-state index contributed by atoms with van der Waals surface area (Å²) in [4.78, 5) is 25.1. The van der Waals surface area contributed by atoms with Gasteiger partial charge >= 0.3 is 5.97 Å². The quantitative estimate of drug-likeness (QED) is 0.621. The van der Waals surface area contributed by atoms with E-state index in [0.29, 0.717) is 0 Å². The Hall–Kier alpha value is -1.78. The van der Waals surface area contributed by atoms with Gasteiger partial charge in [-0.3, -0.25) is 9.59 Å². The molecule has 2 fully saturated rings. The molecule has 2 saturated carbocycles. The predicted molar refractivity (Wildman–Crippen MR) is 92.6 cm³/mol. The molecule has 6 atom stereocenters. The fourth-order valence-corrected chi connectivity index (χ4v) is 6.30. The number of aliphatic hydroxyl groups excluding tert-OH is 1. The Morgan fingerprint density at radius 1 is 1.36 bits per heavy atom. The van der Waals surface area contributed by atoms with E-state index in [1.165, 1.54) is 0 Å². The van der Waals surface area contributed by atoms with E-state index in [4.69, 9.17) is 9.47 Å². The summed E-state index contributed by atoms with van der Waals surface area (Å²) < 4.78 is 11.5. The predicted octanol–water partition coefficient (Wildman–Crippen LogP) is 3.55. The lowest BCUT2D eigenvalue weighted by Crippen LogP contribution is -2.49. The molecule has 0 saturated heterocycles.